The Morgan fingerprint density at radius 2 is 1.89 bits per heavy atom. The van der Waals surface area contributed by atoms with Gasteiger partial charge in [0.05, 0.1) is 0 Å². The molecule has 0 bridgehead atoms. The normalized spacial score (nSPS) is 23.4. The molecule has 0 aromatic heterocycles. The lowest BCUT2D eigenvalue weighted by molar-refractivity contribution is 0.602. The van der Waals surface area contributed by atoms with Crippen molar-refractivity contribution >= 4 is 6.08 Å². The molecule has 0 aliphatic heterocycles. The van der Waals surface area contributed by atoms with Crippen molar-refractivity contribution in [3.63, 3.8) is 0 Å². The van der Waals surface area contributed by atoms with Gasteiger partial charge in [-0.1, -0.05) is 66.6 Å². The van der Waals surface area contributed by atoms with Crippen LogP contribution in [0.3, 0.4) is 0 Å². The zero-order valence-electron chi connectivity index (χ0n) is 11.8. The lowest BCUT2D eigenvalue weighted by atomic mass is 9.87. The van der Waals surface area contributed by atoms with E-state index in [1.807, 2.05) is 0 Å². The van der Waals surface area contributed by atoms with Crippen molar-refractivity contribution in [3.8, 4) is 0 Å². The van der Waals surface area contributed by atoms with Crippen molar-refractivity contribution in [2.24, 2.45) is 11.8 Å². The minimum absolute atomic E-state index is 0.523. The Morgan fingerprint density at radius 3 is 2.56 bits per heavy atom. The van der Waals surface area contributed by atoms with Crippen LogP contribution in [0, 0.1) is 25.7 Å². The first kappa shape index (κ1) is 12.9. The van der Waals surface area contributed by atoms with Crippen LogP contribution in [0.15, 0.2) is 48.1 Å². The fourth-order valence-corrected chi connectivity index (χ4v) is 2.49. The van der Waals surface area contributed by atoms with Gasteiger partial charge in [0.1, 0.15) is 0 Å². The number of aryl methyl sites for hydroxylation is 2. The summed E-state index contributed by atoms with van der Waals surface area (Å²) in [6, 6.07) is 6.63. The second kappa shape index (κ2) is 5.39. The SMILES string of the molecule is CC1=CC(C)C(C=Cc2ccc(C)cc2C)C=C1. The highest BCUT2D eigenvalue weighted by atomic mass is 14.2. The fourth-order valence-electron chi connectivity index (χ4n) is 2.49. The summed E-state index contributed by atoms with van der Waals surface area (Å²) in [6.45, 7) is 8.76. The van der Waals surface area contributed by atoms with Gasteiger partial charge in [0.2, 0.25) is 0 Å². The Balaban J connectivity index is 2.14. The van der Waals surface area contributed by atoms with Gasteiger partial charge in [-0.05, 0) is 37.8 Å². The first-order valence-corrected chi connectivity index (χ1v) is 6.68. The summed E-state index contributed by atoms with van der Waals surface area (Å²) in [7, 11) is 0. The second-order valence-electron chi connectivity index (χ2n) is 5.43. The zero-order valence-corrected chi connectivity index (χ0v) is 11.8. The minimum Gasteiger partial charge on any atom is -0.0779 e. The monoisotopic (exact) mass is 238 g/mol. The number of allylic oxidation sites excluding steroid dienone is 5. The largest absolute Gasteiger partial charge is 0.0779 e. The number of hydrogen-bond donors (Lipinski definition) is 0. The molecule has 0 N–H and O–H groups in total. The molecule has 2 rings (SSSR count). The summed E-state index contributed by atoms with van der Waals surface area (Å²) < 4.78 is 0. The molecule has 18 heavy (non-hydrogen) atoms. The molecule has 0 radical (unpaired) electrons. The Morgan fingerprint density at radius 1 is 1.11 bits per heavy atom. The van der Waals surface area contributed by atoms with Gasteiger partial charge < -0.3 is 0 Å². The summed E-state index contributed by atoms with van der Waals surface area (Å²) in [4.78, 5) is 0. The van der Waals surface area contributed by atoms with Crippen LogP contribution in [0.1, 0.15) is 30.5 Å². The third-order valence-electron chi connectivity index (χ3n) is 3.64. The van der Waals surface area contributed by atoms with Crippen molar-refractivity contribution in [3.05, 3.63) is 64.8 Å². The summed E-state index contributed by atoms with van der Waals surface area (Å²) >= 11 is 0. The van der Waals surface area contributed by atoms with E-state index >= 15 is 0 Å². The highest BCUT2D eigenvalue weighted by Crippen LogP contribution is 2.24. The molecule has 0 saturated heterocycles. The van der Waals surface area contributed by atoms with Crippen LogP contribution < -0.4 is 0 Å². The lowest BCUT2D eigenvalue weighted by Gasteiger charge is -2.18. The summed E-state index contributed by atoms with van der Waals surface area (Å²) in [5.74, 6) is 1.12. The van der Waals surface area contributed by atoms with Gasteiger partial charge in [-0.2, -0.15) is 0 Å². The van der Waals surface area contributed by atoms with E-state index in [0.717, 1.165) is 0 Å². The second-order valence-corrected chi connectivity index (χ2v) is 5.43. The highest BCUT2D eigenvalue weighted by molar-refractivity contribution is 5.55. The maximum atomic E-state index is 2.34. The molecule has 0 amide bonds. The molecule has 0 fully saturated rings. The van der Waals surface area contributed by atoms with E-state index in [1.165, 1.54) is 22.3 Å². The van der Waals surface area contributed by atoms with Crippen LogP contribution >= 0.6 is 0 Å². The Bertz CT molecular complexity index is 515. The summed E-state index contributed by atoms with van der Waals surface area (Å²) in [6.07, 6.45) is 11.4. The first-order chi connectivity index (χ1) is 8.56. The molecule has 0 heteroatoms. The van der Waals surface area contributed by atoms with Crippen molar-refractivity contribution < 1.29 is 0 Å². The lowest BCUT2D eigenvalue weighted by Crippen LogP contribution is -2.07. The van der Waals surface area contributed by atoms with E-state index in [4.69, 9.17) is 0 Å². The van der Waals surface area contributed by atoms with E-state index < -0.39 is 0 Å². The van der Waals surface area contributed by atoms with Gasteiger partial charge in [0, 0.05) is 5.92 Å². The highest BCUT2D eigenvalue weighted by Gasteiger charge is 2.12. The van der Waals surface area contributed by atoms with Crippen molar-refractivity contribution in [2.75, 3.05) is 0 Å². The first-order valence-electron chi connectivity index (χ1n) is 6.68. The van der Waals surface area contributed by atoms with Gasteiger partial charge in [-0.3, -0.25) is 0 Å². The van der Waals surface area contributed by atoms with Gasteiger partial charge in [0.25, 0.3) is 0 Å². The Kier molecular flexibility index (Phi) is 3.86. The van der Waals surface area contributed by atoms with Crippen LogP contribution in [0.5, 0.6) is 0 Å². The Labute approximate surface area is 111 Å². The molecule has 1 aliphatic rings. The van der Waals surface area contributed by atoms with Crippen LogP contribution in [0.4, 0.5) is 0 Å². The van der Waals surface area contributed by atoms with Crippen LogP contribution in [-0.2, 0) is 0 Å². The van der Waals surface area contributed by atoms with E-state index in [9.17, 15) is 0 Å². The van der Waals surface area contributed by atoms with Crippen molar-refractivity contribution in [2.45, 2.75) is 27.7 Å². The molecule has 0 nitrogen and oxygen atoms in total. The third-order valence-corrected chi connectivity index (χ3v) is 3.64. The van der Waals surface area contributed by atoms with Crippen LogP contribution in [0.25, 0.3) is 6.08 Å². The molecule has 0 spiro atoms. The molecule has 94 valence electrons. The number of rotatable bonds is 2. The van der Waals surface area contributed by atoms with Crippen molar-refractivity contribution in [1.82, 2.24) is 0 Å². The van der Waals surface area contributed by atoms with Crippen LogP contribution in [0.2, 0.25) is 0 Å². The molecule has 1 aromatic carbocycles. The van der Waals surface area contributed by atoms with E-state index in [2.05, 4.69) is 76.3 Å². The van der Waals surface area contributed by atoms with Crippen LogP contribution in [-0.4, -0.2) is 0 Å². The standard InChI is InChI=1S/C18H22/c1-13-5-7-17(15(3)11-13)9-10-18-8-6-14(2)12-16(18)4/h5-12,15,17H,1-4H3. The third kappa shape index (κ3) is 3.01. The average molecular weight is 238 g/mol. The average Bonchev–Trinajstić information content (AvgIpc) is 2.30. The smallest absolute Gasteiger partial charge is 0.00135 e. The number of hydrogen-bond acceptors (Lipinski definition) is 0. The summed E-state index contributed by atoms with van der Waals surface area (Å²) in [5.41, 5.74) is 5.38. The maximum Gasteiger partial charge on any atom is 0.00135 e. The Hall–Kier alpha value is -1.56. The molecule has 1 aromatic rings. The topological polar surface area (TPSA) is 0 Å². The summed E-state index contributed by atoms with van der Waals surface area (Å²) in [5, 5.41) is 0. The molecule has 0 heterocycles. The van der Waals surface area contributed by atoms with Crippen molar-refractivity contribution in [1.29, 1.82) is 0 Å². The molecular formula is C18H22. The molecule has 0 saturated carbocycles. The quantitative estimate of drug-likeness (QED) is 0.673. The molecular weight excluding hydrogens is 216 g/mol. The minimum atomic E-state index is 0.523. The predicted octanol–water partition coefficient (Wildman–Crippen LogP) is 5.09. The fraction of sp³-hybridized carbons (Fsp3) is 0.333. The molecule has 1 aliphatic carbocycles. The number of benzene rings is 1. The van der Waals surface area contributed by atoms with E-state index in [0.29, 0.717) is 11.8 Å². The van der Waals surface area contributed by atoms with E-state index in [-0.39, 0.29) is 0 Å². The molecule has 2 atom stereocenters. The van der Waals surface area contributed by atoms with Gasteiger partial charge >= 0.3 is 0 Å². The molecule has 2 unspecified atom stereocenters. The van der Waals surface area contributed by atoms with Gasteiger partial charge in [0.15, 0.2) is 0 Å². The van der Waals surface area contributed by atoms with Gasteiger partial charge in [-0.25, -0.2) is 0 Å². The predicted molar refractivity (Wildman–Crippen MR) is 80.5 cm³/mol. The van der Waals surface area contributed by atoms with E-state index in [1.54, 1.807) is 0 Å². The zero-order chi connectivity index (χ0) is 13.1. The van der Waals surface area contributed by atoms with Gasteiger partial charge in [-0.15, -0.1) is 0 Å². The maximum absolute atomic E-state index is 2.34.